The summed E-state index contributed by atoms with van der Waals surface area (Å²) in [6, 6.07) is 9.78. The van der Waals surface area contributed by atoms with Crippen LogP contribution < -0.4 is 5.32 Å². The Hall–Kier alpha value is -2.12. The van der Waals surface area contributed by atoms with Crippen molar-refractivity contribution in [1.29, 1.82) is 5.26 Å². The van der Waals surface area contributed by atoms with Crippen molar-refractivity contribution in [2.75, 3.05) is 12.4 Å². The molecule has 2 aromatic rings. The average Bonchev–Trinajstić information content (AvgIpc) is 2.41. The van der Waals surface area contributed by atoms with Gasteiger partial charge in [-0.05, 0) is 30.3 Å². The third-order valence-electron chi connectivity index (χ3n) is 2.47. The number of pyridine rings is 1. The molecular formula is C13H9ClFN3. The van der Waals surface area contributed by atoms with E-state index in [0.717, 1.165) is 0 Å². The summed E-state index contributed by atoms with van der Waals surface area (Å²) < 4.78 is 13.1. The van der Waals surface area contributed by atoms with Crippen LogP contribution >= 0.6 is 11.6 Å². The predicted octanol–water partition coefficient (Wildman–Crippen LogP) is 3.45. The first-order chi connectivity index (χ1) is 8.65. The first kappa shape index (κ1) is 12.3. The molecule has 1 aromatic heterocycles. The van der Waals surface area contributed by atoms with Crippen LogP contribution in [0.2, 0.25) is 5.02 Å². The van der Waals surface area contributed by atoms with Gasteiger partial charge in [-0.3, -0.25) is 0 Å². The molecule has 1 aromatic carbocycles. The van der Waals surface area contributed by atoms with E-state index < -0.39 is 5.82 Å². The van der Waals surface area contributed by atoms with Gasteiger partial charge in [-0.2, -0.15) is 5.26 Å². The molecule has 0 atom stereocenters. The Balaban J connectivity index is 2.51. The highest BCUT2D eigenvalue weighted by Gasteiger charge is 2.07. The molecule has 0 spiro atoms. The number of aromatic nitrogens is 1. The number of hydrogen-bond acceptors (Lipinski definition) is 3. The van der Waals surface area contributed by atoms with Crippen LogP contribution in [0.3, 0.4) is 0 Å². The molecule has 1 N–H and O–H groups in total. The summed E-state index contributed by atoms with van der Waals surface area (Å²) in [5.41, 5.74) is 1.78. The molecule has 0 unspecified atom stereocenters. The second-order valence-electron chi connectivity index (χ2n) is 3.58. The van der Waals surface area contributed by atoms with Crippen LogP contribution in [0, 0.1) is 17.1 Å². The Morgan fingerprint density at radius 1 is 1.33 bits per heavy atom. The molecule has 0 amide bonds. The molecule has 0 aliphatic rings. The van der Waals surface area contributed by atoms with E-state index in [1.54, 1.807) is 25.2 Å². The van der Waals surface area contributed by atoms with Crippen LogP contribution in [0.5, 0.6) is 0 Å². The normalized spacial score (nSPS) is 9.89. The van der Waals surface area contributed by atoms with Gasteiger partial charge in [-0.15, -0.1) is 0 Å². The van der Waals surface area contributed by atoms with Gasteiger partial charge < -0.3 is 5.32 Å². The lowest BCUT2D eigenvalue weighted by Crippen LogP contribution is -1.97. The highest BCUT2D eigenvalue weighted by atomic mass is 35.5. The van der Waals surface area contributed by atoms with E-state index in [-0.39, 0.29) is 5.02 Å². The fourth-order valence-corrected chi connectivity index (χ4v) is 1.74. The van der Waals surface area contributed by atoms with E-state index in [1.165, 1.54) is 12.1 Å². The van der Waals surface area contributed by atoms with Gasteiger partial charge in [0.2, 0.25) is 0 Å². The fourth-order valence-electron chi connectivity index (χ4n) is 1.56. The van der Waals surface area contributed by atoms with Crippen molar-refractivity contribution in [3.63, 3.8) is 0 Å². The molecule has 2 rings (SSSR count). The third kappa shape index (κ3) is 2.27. The Morgan fingerprint density at radius 3 is 2.72 bits per heavy atom. The zero-order chi connectivity index (χ0) is 13.1. The van der Waals surface area contributed by atoms with Gasteiger partial charge in [-0.1, -0.05) is 11.6 Å². The minimum absolute atomic E-state index is 0.0460. The molecule has 0 radical (unpaired) electrons. The lowest BCUT2D eigenvalue weighted by molar-refractivity contribution is 0.628. The maximum Gasteiger partial charge on any atom is 0.144 e. The van der Waals surface area contributed by atoms with Crippen molar-refractivity contribution in [1.82, 2.24) is 4.98 Å². The van der Waals surface area contributed by atoms with Gasteiger partial charge in [0.25, 0.3) is 0 Å². The number of nitriles is 1. The molecule has 1 heterocycles. The zero-order valence-electron chi connectivity index (χ0n) is 9.54. The van der Waals surface area contributed by atoms with Crippen LogP contribution in [0.4, 0.5) is 10.2 Å². The summed E-state index contributed by atoms with van der Waals surface area (Å²) in [6.07, 6.45) is 0. The lowest BCUT2D eigenvalue weighted by Gasteiger charge is -2.06. The number of anilines is 1. The third-order valence-corrected chi connectivity index (χ3v) is 2.76. The van der Waals surface area contributed by atoms with Crippen molar-refractivity contribution in [3.05, 3.63) is 46.7 Å². The molecule has 5 heteroatoms. The molecule has 0 bridgehead atoms. The molecule has 0 fully saturated rings. The number of benzene rings is 1. The van der Waals surface area contributed by atoms with Crippen LogP contribution in [-0.4, -0.2) is 12.0 Å². The summed E-state index contributed by atoms with van der Waals surface area (Å²) in [5.74, 6) is 0.0124. The number of hydrogen-bond donors (Lipinski definition) is 1. The summed E-state index contributed by atoms with van der Waals surface area (Å²) in [7, 11) is 1.69. The predicted molar refractivity (Wildman–Crippen MR) is 68.9 cm³/mol. The summed E-state index contributed by atoms with van der Waals surface area (Å²) >= 11 is 5.73. The Kier molecular flexibility index (Phi) is 3.45. The lowest BCUT2D eigenvalue weighted by atomic mass is 10.1. The van der Waals surface area contributed by atoms with E-state index in [2.05, 4.69) is 10.3 Å². The molecule has 0 saturated heterocycles. The van der Waals surface area contributed by atoms with Crippen molar-refractivity contribution < 1.29 is 4.39 Å². The Morgan fingerprint density at radius 2 is 2.11 bits per heavy atom. The van der Waals surface area contributed by atoms with E-state index in [1.807, 2.05) is 6.07 Å². The maximum atomic E-state index is 13.1. The van der Waals surface area contributed by atoms with Gasteiger partial charge in [0.15, 0.2) is 0 Å². The van der Waals surface area contributed by atoms with E-state index >= 15 is 0 Å². The van der Waals surface area contributed by atoms with Crippen LogP contribution in [0.1, 0.15) is 5.56 Å². The van der Waals surface area contributed by atoms with Crippen LogP contribution in [-0.2, 0) is 0 Å². The number of rotatable bonds is 2. The van der Waals surface area contributed by atoms with Crippen molar-refractivity contribution in [2.45, 2.75) is 0 Å². The smallest absolute Gasteiger partial charge is 0.144 e. The fraction of sp³-hybridized carbons (Fsp3) is 0.0769. The molecule has 90 valence electrons. The topological polar surface area (TPSA) is 48.7 Å². The van der Waals surface area contributed by atoms with Gasteiger partial charge >= 0.3 is 0 Å². The zero-order valence-corrected chi connectivity index (χ0v) is 10.3. The molecule has 3 nitrogen and oxygen atoms in total. The summed E-state index contributed by atoms with van der Waals surface area (Å²) in [5, 5.41) is 11.8. The molecule has 0 saturated carbocycles. The van der Waals surface area contributed by atoms with Gasteiger partial charge in [0, 0.05) is 12.6 Å². The maximum absolute atomic E-state index is 13.1. The first-order valence-electron chi connectivity index (χ1n) is 5.20. The van der Waals surface area contributed by atoms with Gasteiger partial charge in [-0.25, -0.2) is 9.37 Å². The minimum Gasteiger partial charge on any atom is -0.372 e. The van der Waals surface area contributed by atoms with Crippen molar-refractivity contribution in [2.24, 2.45) is 0 Å². The van der Waals surface area contributed by atoms with Crippen LogP contribution in [0.15, 0.2) is 30.3 Å². The molecule has 0 aliphatic carbocycles. The molecule has 18 heavy (non-hydrogen) atoms. The highest BCUT2D eigenvalue weighted by Crippen LogP contribution is 2.25. The largest absolute Gasteiger partial charge is 0.372 e. The summed E-state index contributed by atoms with van der Waals surface area (Å²) in [6.45, 7) is 0. The second kappa shape index (κ2) is 5.03. The highest BCUT2D eigenvalue weighted by molar-refractivity contribution is 6.31. The number of nitrogens with one attached hydrogen (secondary N) is 1. The summed E-state index contributed by atoms with van der Waals surface area (Å²) in [4.78, 5) is 4.29. The monoisotopic (exact) mass is 261 g/mol. The second-order valence-corrected chi connectivity index (χ2v) is 3.99. The Labute approximate surface area is 109 Å². The van der Waals surface area contributed by atoms with E-state index in [9.17, 15) is 4.39 Å². The van der Waals surface area contributed by atoms with Crippen molar-refractivity contribution in [3.8, 4) is 17.3 Å². The van der Waals surface area contributed by atoms with Gasteiger partial charge in [0.05, 0.1) is 16.3 Å². The quantitative estimate of drug-likeness (QED) is 0.901. The van der Waals surface area contributed by atoms with Crippen LogP contribution in [0.25, 0.3) is 11.3 Å². The average molecular weight is 262 g/mol. The number of halogens is 2. The number of nitrogens with zero attached hydrogens (tertiary/aromatic N) is 2. The minimum atomic E-state index is -0.470. The molecular weight excluding hydrogens is 253 g/mol. The van der Waals surface area contributed by atoms with Crippen molar-refractivity contribution >= 4 is 17.4 Å². The van der Waals surface area contributed by atoms with Gasteiger partial charge in [0.1, 0.15) is 17.7 Å². The standard InChI is InChI=1S/C13H9ClFN3/c1-17-13-9(7-16)3-5-12(18-13)8-2-4-11(15)10(14)6-8/h2-6H,1H3,(H,17,18). The first-order valence-corrected chi connectivity index (χ1v) is 5.58. The SMILES string of the molecule is CNc1nc(-c2ccc(F)c(Cl)c2)ccc1C#N. The van der Waals surface area contributed by atoms with E-state index in [0.29, 0.717) is 22.6 Å². The molecule has 0 aliphatic heterocycles. The Bertz CT molecular complexity index is 635. The van der Waals surface area contributed by atoms with E-state index in [4.69, 9.17) is 16.9 Å².